The average Bonchev–Trinajstić information content (AvgIpc) is 3.46. The van der Waals surface area contributed by atoms with Crippen molar-refractivity contribution in [2.24, 2.45) is 5.14 Å². The highest BCUT2D eigenvalue weighted by Crippen LogP contribution is 2.42. The standard InChI is InChI=1S/C23H22N4O4S/c24-32(28,29)18-10-8-16(9-11-18)21-19(15-5-2-1-3-6-15)20-22(26-14-27-23(20)31-21)25-13-17-7-4-12-30-17/h1-3,5-6,8-11,14,17H,4,7,12-13H2,(H2,24,28,29)(H,25,26,27). The molecule has 1 aliphatic rings. The Morgan fingerprint density at radius 3 is 2.50 bits per heavy atom. The molecular weight excluding hydrogens is 428 g/mol. The zero-order chi connectivity index (χ0) is 22.1. The van der Waals surface area contributed by atoms with Gasteiger partial charge in [-0.25, -0.2) is 23.5 Å². The number of furan rings is 1. The minimum Gasteiger partial charge on any atom is -0.437 e. The second-order valence-electron chi connectivity index (χ2n) is 7.66. The van der Waals surface area contributed by atoms with Gasteiger partial charge in [0.25, 0.3) is 0 Å². The molecule has 2 aromatic heterocycles. The third-order valence-corrected chi connectivity index (χ3v) is 6.45. The smallest absolute Gasteiger partial charge is 0.238 e. The fourth-order valence-corrected chi connectivity index (χ4v) is 4.48. The molecule has 3 heterocycles. The SMILES string of the molecule is NS(=O)(=O)c1ccc(-c2oc3ncnc(NCC4CCCO4)c3c2-c2ccccc2)cc1. The van der Waals surface area contributed by atoms with Crippen molar-refractivity contribution in [1.82, 2.24) is 9.97 Å². The fourth-order valence-electron chi connectivity index (χ4n) is 3.96. The van der Waals surface area contributed by atoms with Gasteiger partial charge in [-0.05, 0) is 42.7 Å². The summed E-state index contributed by atoms with van der Waals surface area (Å²) in [4.78, 5) is 8.86. The molecule has 0 spiro atoms. The summed E-state index contributed by atoms with van der Waals surface area (Å²) >= 11 is 0. The number of hydrogen-bond acceptors (Lipinski definition) is 7. The third kappa shape index (κ3) is 3.97. The summed E-state index contributed by atoms with van der Waals surface area (Å²) in [5.74, 6) is 1.24. The van der Waals surface area contributed by atoms with Gasteiger partial charge in [-0.1, -0.05) is 30.3 Å². The Hall–Kier alpha value is -3.27. The number of anilines is 1. The van der Waals surface area contributed by atoms with Crippen molar-refractivity contribution in [3.63, 3.8) is 0 Å². The highest BCUT2D eigenvalue weighted by Gasteiger charge is 2.23. The van der Waals surface area contributed by atoms with Crippen molar-refractivity contribution in [3.05, 3.63) is 60.9 Å². The zero-order valence-corrected chi connectivity index (χ0v) is 18.0. The van der Waals surface area contributed by atoms with E-state index in [4.69, 9.17) is 14.3 Å². The lowest BCUT2D eigenvalue weighted by molar-refractivity contribution is 0.120. The molecule has 0 aliphatic carbocycles. The second kappa shape index (κ2) is 8.34. The number of rotatable bonds is 6. The molecule has 1 fully saturated rings. The van der Waals surface area contributed by atoms with Gasteiger partial charge in [0, 0.05) is 24.3 Å². The van der Waals surface area contributed by atoms with Gasteiger partial charge < -0.3 is 14.5 Å². The lowest BCUT2D eigenvalue weighted by atomic mass is 9.99. The highest BCUT2D eigenvalue weighted by atomic mass is 32.2. The van der Waals surface area contributed by atoms with Crippen molar-refractivity contribution >= 4 is 26.9 Å². The number of nitrogens with one attached hydrogen (secondary N) is 1. The van der Waals surface area contributed by atoms with Crippen LogP contribution < -0.4 is 10.5 Å². The van der Waals surface area contributed by atoms with E-state index in [0.29, 0.717) is 29.4 Å². The maximum atomic E-state index is 11.7. The van der Waals surface area contributed by atoms with Gasteiger partial charge in [0.1, 0.15) is 17.9 Å². The molecule has 1 saturated heterocycles. The largest absolute Gasteiger partial charge is 0.437 e. The van der Waals surface area contributed by atoms with Crippen LogP contribution in [0.15, 0.2) is 70.2 Å². The van der Waals surface area contributed by atoms with Crippen LogP contribution in [-0.2, 0) is 14.8 Å². The molecular formula is C23H22N4O4S. The Balaban J connectivity index is 1.65. The molecule has 1 aliphatic heterocycles. The lowest BCUT2D eigenvalue weighted by Gasteiger charge is -2.12. The molecule has 2 aromatic carbocycles. The van der Waals surface area contributed by atoms with Crippen molar-refractivity contribution in [1.29, 1.82) is 0 Å². The van der Waals surface area contributed by atoms with E-state index in [-0.39, 0.29) is 11.0 Å². The first kappa shape index (κ1) is 20.6. The first-order chi connectivity index (χ1) is 15.5. The monoisotopic (exact) mass is 450 g/mol. The van der Waals surface area contributed by atoms with Crippen LogP contribution in [-0.4, -0.2) is 37.6 Å². The Morgan fingerprint density at radius 2 is 1.81 bits per heavy atom. The highest BCUT2D eigenvalue weighted by molar-refractivity contribution is 7.89. The van der Waals surface area contributed by atoms with Crippen LogP contribution in [0.1, 0.15) is 12.8 Å². The van der Waals surface area contributed by atoms with E-state index in [9.17, 15) is 8.42 Å². The first-order valence-corrected chi connectivity index (χ1v) is 11.9. The molecule has 9 heteroatoms. The lowest BCUT2D eigenvalue weighted by Crippen LogP contribution is -2.19. The number of primary sulfonamides is 1. The van der Waals surface area contributed by atoms with Crippen molar-refractivity contribution < 1.29 is 17.6 Å². The predicted molar refractivity (Wildman–Crippen MR) is 122 cm³/mol. The summed E-state index contributed by atoms with van der Waals surface area (Å²) in [7, 11) is -3.79. The van der Waals surface area contributed by atoms with Crippen LogP contribution in [0, 0.1) is 0 Å². The number of aromatic nitrogens is 2. The molecule has 4 aromatic rings. The molecule has 1 unspecified atom stereocenters. The maximum absolute atomic E-state index is 11.7. The van der Waals surface area contributed by atoms with Gasteiger partial charge in [0.2, 0.25) is 15.7 Å². The number of sulfonamides is 1. The topological polar surface area (TPSA) is 120 Å². The van der Waals surface area contributed by atoms with E-state index in [1.165, 1.54) is 18.5 Å². The van der Waals surface area contributed by atoms with Crippen LogP contribution in [0.25, 0.3) is 33.6 Å². The van der Waals surface area contributed by atoms with Gasteiger partial charge in [-0.15, -0.1) is 0 Å². The summed E-state index contributed by atoms with van der Waals surface area (Å²) in [6.45, 7) is 1.43. The van der Waals surface area contributed by atoms with Crippen molar-refractivity contribution in [2.75, 3.05) is 18.5 Å². The molecule has 164 valence electrons. The molecule has 8 nitrogen and oxygen atoms in total. The van der Waals surface area contributed by atoms with E-state index in [1.54, 1.807) is 12.1 Å². The quantitative estimate of drug-likeness (QED) is 0.458. The Labute approximate surface area is 185 Å². The number of benzene rings is 2. The molecule has 0 bridgehead atoms. The summed E-state index contributed by atoms with van der Waals surface area (Å²) in [5.41, 5.74) is 2.92. The molecule has 0 radical (unpaired) electrons. The minimum absolute atomic E-state index is 0.0392. The first-order valence-electron chi connectivity index (χ1n) is 10.3. The Morgan fingerprint density at radius 1 is 1.03 bits per heavy atom. The predicted octanol–water partition coefficient (Wildman–Crippen LogP) is 3.80. The van der Waals surface area contributed by atoms with Crippen LogP contribution in [0.2, 0.25) is 0 Å². The zero-order valence-electron chi connectivity index (χ0n) is 17.2. The van der Waals surface area contributed by atoms with E-state index < -0.39 is 10.0 Å². The van der Waals surface area contributed by atoms with Gasteiger partial charge >= 0.3 is 0 Å². The summed E-state index contributed by atoms with van der Waals surface area (Å²) < 4.78 is 35.2. The van der Waals surface area contributed by atoms with E-state index in [1.807, 2.05) is 30.3 Å². The summed E-state index contributed by atoms with van der Waals surface area (Å²) in [5, 5.41) is 9.41. The van der Waals surface area contributed by atoms with Gasteiger partial charge in [-0.3, -0.25) is 0 Å². The fraction of sp³-hybridized carbons (Fsp3) is 0.217. The van der Waals surface area contributed by atoms with E-state index in [2.05, 4.69) is 15.3 Å². The van der Waals surface area contributed by atoms with Crippen molar-refractivity contribution in [3.8, 4) is 22.5 Å². The van der Waals surface area contributed by atoms with Crippen molar-refractivity contribution in [2.45, 2.75) is 23.8 Å². The Bertz CT molecular complexity index is 1350. The summed E-state index contributed by atoms with van der Waals surface area (Å²) in [6, 6.07) is 16.1. The summed E-state index contributed by atoms with van der Waals surface area (Å²) in [6.07, 6.45) is 3.69. The van der Waals surface area contributed by atoms with Crippen LogP contribution in [0.3, 0.4) is 0 Å². The van der Waals surface area contributed by atoms with Crippen LogP contribution in [0.4, 0.5) is 5.82 Å². The average molecular weight is 451 g/mol. The third-order valence-electron chi connectivity index (χ3n) is 5.52. The van der Waals surface area contributed by atoms with Gasteiger partial charge in [0.05, 0.1) is 16.4 Å². The number of fused-ring (bicyclic) bond motifs is 1. The Kier molecular flexibility index (Phi) is 5.38. The van der Waals surface area contributed by atoms with Gasteiger partial charge in [0.15, 0.2) is 0 Å². The molecule has 5 rings (SSSR count). The molecule has 32 heavy (non-hydrogen) atoms. The number of nitrogens with zero attached hydrogens (tertiary/aromatic N) is 2. The minimum atomic E-state index is -3.79. The van der Waals surface area contributed by atoms with Crippen LogP contribution in [0.5, 0.6) is 0 Å². The number of nitrogens with two attached hydrogens (primary N) is 1. The number of hydrogen-bond donors (Lipinski definition) is 2. The molecule has 1 atom stereocenters. The maximum Gasteiger partial charge on any atom is 0.238 e. The second-order valence-corrected chi connectivity index (χ2v) is 9.22. The van der Waals surface area contributed by atoms with E-state index in [0.717, 1.165) is 36.0 Å². The molecule has 0 amide bonds. The molecule has 3 N–H and O–H groups in total. The number of ether oxygens (including phenoxy) is 1. The van der Waals surface area contributed by atoms with E-state index >= 15 is 0 Å². The van der Waals surface area contributed by atoms with Crippen LogP contribution >= 0.6 is 0 Å². The normalized spacial score (nSPS) is 16.5. The van der Waals surface area contributed by atoms with Gasteiger partial charge in [-0.2, -0.15) is 0 Å². The molecule has 0 saturated carbocycles.